The minimum Gasteiger partial charge on any atom is -0.393 e. The minimum absolute atomic E-state index is 0.0262. The van der Waals surface area contributed by atoms with Crippen molar-refractivity contribution in [2.75, 3.05) is 0 Å². The molecule has 35 heavy (non-hydrogen) atoms. The Hall–Kier alpha value is -2.88. The molecule has 0 saturated heterocycles. The molecule has 0 radical (unpaired) electrons. The standard InChI is InChI=1S/C25H27ClN6O2S/c1-14(2)7-23-31-20-12-28-19(18-5-3-4-6-27-18)11-21(20)32(23)16-8-15(9-17(33)10-16)30-24(34)25-29-13-22(26)35-25/h3-6,11-17,33H,7-10H2,1-2H3,(H,30,34)/t15?,16-,17-/m1/s1. The third-order valence-corrected chi connectivity index (χ3v) is 7.31. The van der Waals surface area contributed by atoms with E-state index < -0.39 is 6.10 Å². The molecule has 0 spiro atoms. The number of fused-ring (bicyclic) bond motifs is 1. The van der Waals surface area contributed by atoms with E-state index in [4.69, 9.17) is 16.6 Å². The maximum absolute atomic E-state index is 12.7. The number of carbonyl (C=O) groups excluding carboxylic acids is 1. The van der Waals surface area contributed by atoms with Gasteiger partial charge in [-0.05, 0) is 43.4 Å². The number of aliphatic hydroxyl groups is 1. The highest BCUT2D eigenvalue weighted by Gasteiger charge is 2.32. The number of thiazole rings is 1. The molecule has 1 fully saturated rings. The van der Waals surface area contributed by atoms with Crippen molar-refractivity contribution in [2.24, 2.45) is 5.92 Å². The molecular formula is C25H27ClN6O2S. The van der Waals surface area contributed by atoms with Crippen LogP contribution in [-0.4, -0.2) is 47.7 Å². The fourth-order valence-corrected chi connectivity index (χ4v) is 5.63. The van der Waals surface area contributed by atoms with Crippen LogP contribution in [0, 0.1) is 5.92 Å². The van der Waals surface area contributed by atoms with E-state index >= 15 is 0 Å². The number of nitrogens with zero attached hydrogens (tertiary/aromatic N) is 5. The Morgan fingerprint density at radius 3 is 2.77 bits per heavy atom. The first-order valence-corrected chi connectivity index (χ1v) is 13.0. The molecule has 3 atom stereocenters. The van der Waals surface area contributed by atoms with Crippen molar-refractivity contribution < 1.29 is 9.90 Å². The van der Waals surface area contributed by atoms with E-state index in [9.17, 15) is 9.90 Å². The minimum atomic E-state index is -0.541. The quantitative estimate of drug-likeness (QED) is 0.390. The van der Waals surface area contributed by atoms with Crippen LogP contribution in [0.4, 0.5) is 0 Å². The van der Waals surface area contributed by atoms with Crippen molar-refractivity contribution in [1.82, 2.24) is 29.8 Å². The number of hydrogen-bond donors (Lipinski definition) is 2. The van der Waals surface area contributed by atoms with Gasteiger partial charge in [0.15, 0.2) is 5.01 Å². The topological polar surface area (TPSA) is 106 Å². The van der Waals surface area contributed by atoms with Crippen LogP contribution in [0.1, 0.15) is 54.8 Å². The highest BCUT2D eigenvalue weighted by Crippen LogP contribution is 2.35. The van der Waals surface area contributed by atoms with Gasteiger partial charge in [0.25, 0.3) is 5.91 Å². The number of aromatic nitrogens is 5. The van der Waals surface area contributed by atoms with Gasteiger partial charge in [-0.1, -0.05) is 42.9 Å². The Kier molecular flexibility index (Phi) is 6.82. The number of halogens is 1. The summed E-state index contributed by atoms with van der Waals surface area (Å²) in [6.45, 7) is 4.33. The van der Waals surface area contributed by atoms with Crippen molar-refractivity contribution >= 4 is 39.9 Å². The second-order valence-corrected chi connectivity index (χ2v) is 11.1. The molecule has 4 aromatic heterocycles. The normalized spacial score (nSPS) is 20.4. The Morgan fingerprint density at radius 2 is 2.06 bits per heavy atom. The summed E-state index contributed by atoms with van der Waals surface area (Å²) in [5.41, 5.74) is 3.35. The molecule has 10 heteroatoms. The van der Waals surface area contributed by atoms with E-state index in [1.54, 1.807) is 12.4 Å². The van der Waals surface area contributed by atoms with Crippen molar-refractivity contribution in [3.63, 3.8) is 0 Å². The zero-order valence-electron chi connectivity index (χ0n) is 19.6. The lowest BCUT2D eigenvalue weighted by Crippen LogP contribution is -2.43. The van der Waals surface area contributed by atoms with E-state index in [-0.39, 0.29) is 18.0 Å². The number of pyridine rings is 2. The summed E-state index contributed by atoms with van der Waals surface area (Å²) in [6, 6.07) is 7.56. The highest BCUT2D eigenvalue weighted by molar-refractivity contribution is 7.17. The third-order valence-electron chi connectivity index (χ3n) is 6.20. The fraction of sp³-hybridized carbons (Fsp3) is 0.400. The lowest BCUT2D eigenvalue weighted by molar-refractivity contribution is 0.0740. The Labute approximate surface area is 212 Å². The summed E-state index contributed by atoms with van der Waals surface area (Å²) in [7, 11) is 0. The first-order valence-electron chi connectivity index (χ1n) is 11.8. The maximum Gasteiger partial charge on any atom is 0.280 e. The van der Waals surface area contributed by atoms with Gasteiger partial charge >= 0.3 is 0 Å². The maximum atomic E-state index is 12.7. The Bertz CT molecular complexity index is 1340. The molecule has 0 aliphatic heterocycles. The summed E-state index contributed by atoms with van der Waals surface area (Å²) < 4.78 is 2.71. The molecule has 1 aliphatic carbocycles. The van der Waals surface area contributed by atoms with Gasteiger partial charge in [0.2, 0.25) is 0 Å². The van der Waals surface area contributed by atoms with Crippen LogP contribution in [0.3, 0.4) is 0 Å². The smallest absolute Gasteiger partial charge is 0.280 e. The molecule has 8 nitrogen and oxygen atoms in total. The Morgan fingerprint density at radius 1 is 1.20 bits per heavy atom. The monoisotopic (exact) mass is 510 g/mol. The number of amides is 1. The van der Waals surface area contributed by atoms with Gasteiger partial charge in [-0.2, -0.15) is 0 Å². The molecule has 4 heterocycles. The number of imidazole rings is 1. The van der Waals surface area contributed by atoms with Crippen LogP contribution in [-0.2, 0) is 6.42 Å². The van der Waals surface area contributed by atoms with Crippen molar-refractivity contribution in [1.29, 1.82) is 0 Å². The summed E-state index contributed by atoms with van der Waals surface area (Å²) in [5.74, 6) is 1.11. The van der Waals surface area contributed by atoms with Crippen molar-refractivity contribution in [3.05, 3.63) is 58.0 Å². The molecule has 0 aromatic carbocycles. The van der Waals surface area contributed by atoms with Gasteiger partial charge in [0, 0.05) is 24.7 Å². The number of hydrogen-bond acceptors (Lipinski definition) is 7. The Balaban J connectivity index is 1.49. The predicted octanol–water partition coefficient (Wildman–Crippen LogP) is 4.69. The van der Waals surface area contributed by atoms with Gasteiger partial charge in [-0.25, -0.2) is 9.97 Å². The molecule has 182 valence electrons. The first-order chi connectivity index (χ1) is 16.9. The molecule has 1 amide bonds. The summed E-state index contributed by atoms with van der Waals surface area (Å²) in [4.78, 5) is 30.8. The number of nitrogens with one attached hydrogen (secondary N) is 1. The van der Waals surface area contributed by atoms with Crippen molar-refractivity contribution in [2.45, 2.75) is 57.7 Å². The first kappa shape index (κ1) is 23.8. The second kappa shape index (κ2) is 10.0. The zero-order chi connectivity index (χ0) is 24.5. The second-order valence-electron chi connectivity index (χ2n) is 9.42. The van der Waals surface area contributed by atoms with Crippen LogP contribution in [0.5, 0.6) is 0 Å². The largest absolute Gasteiger partial charge is 0.393 e. The van der Waals surface area contributed by atoms with Crippen LogP contribution in [0.15, 0.2) is 42.9 Å². The van der Waals surface area contributed by atoms with Gasteiger partial charge in [0.1, 0.15) is 15.7 Å². The number of carbonyl (C=O) groups is 1. The molecular weight excluding hydrogens is 484 g/mol. The van der Waals surface area contributed by atoms with Gasteiger partial charge in [0.05, 0.1) is 35.4 Å². The van der Waals surface area contributed by atoms with E-state index in [0.717, 1.165) is 46.0 Å². The van der Waals surface area contributed by atoms with E-state index in [1.807, 2.05) is 24.3 Å². The zero-order valence-corrected chi connectivity index (χ0v) is 21.1. The average molecular weight is 511 g/mol. The van der Waals surface area contributed by atoms with Gasteiger partial charge in [-0.3, -0.25) is 14.8 Å². The van der Waals surface area contributed by atoms with E-state index in [2.05, 4.69) is 38.7 Å². The summed E-state index contributed by atoms with van der Waals surface area (Å²) >= 11 is 7.09. The van der Waals surface area contributed by atoms with Crippen LogP contribution < -0.4 is 5.32 Å². The van der Waals surface area contributed by atoms with Crippen molar-refractivity contribution in [3.8, 4) is 11.4 Å². The van der Waals surface area contributed by atoms with Crippen LogP contribution in [0.25, 0.3) is 22.4 Å². The van der Waals surface area contributed by atoms with E-state index in [1.165, 1.54) is 6.20 Å². The predicted molar refractivity (Wildman–Crippen MR) is 137 cm³/mol. The fourth-order valence-electron chi connectivity index (χ4n) is 4.81. The lowest BCUT2D eigenvalue weighted by Gasteiger charge is -2.34. The lowest BCUT2D eigenvalue weighted by atomic mass is 9.88. The molecule has 5 rings (SSSR count). The van der Waals surface area contributed by atoms with Gasteiger partial charge in [-0.15, -0.1) is 0 Å². The number of aliphatic hydroxyl groups excluding tert-OH is 1. The highest BCUT2D eigenvalue weighted by atomic mass is 35.5. The molecule has 0 bridgehead atoms. The van der Waals surface area contributed by atoms with E-state index in [0.29, 0.717) is 34.5 Å². The molecule has 1 aliphatic rings. The molecule has 4 aromatic rings. The summed E-state index contributed by atoms with van der Waals surface area (Å²) in [5, 5.41) is 14.1. The SMILES string of the molecule is CC(C)Cc1nc2cnc(-c3ccccn3)cc2n1[C@@H]1CC(NC(=O)c2ncc(Cl)s2)C[C@@H](O)C1. The average Bonchev–Trinajstić information content (AvgIpc) is 3.41. The van der Waals surface area contributed by atoms with Gasteiger partial charge < -0.3 is 15.0 Å². The van der Waals surface area contributed by atoms with Crippen LogP contribution >= 0.6 is 22.9 Å². The third kappa shape index (κ3) is 5.22. The number of rotatable bonds is 6. The molecule has 1 unspecified atom stereocenters. The summed E-state index contributed by atoms with van der Waals surface area (Å²) in [6.07, 6.45) is 7.05. The molecule has 2 N–H and O–H groups in total. The molecule has 1 saturated carbocycles. The van der Waals surface area contributed by atoms with Crippen LogP contribution in [0.2, 0.25) is 4.34 Å².